The molecular formula is C12H22N2O3S. The Morgan fingerprint density at radius 1 is 1.44 bits per heavy atom. The van der Waals surface area contributed by atoms with E-state index in [2.05, 4.69) is 10.6 Å². The zero-order valence-corrected chi connectivity index (χ0v) is 11.6. The van der Waals surface area contributed by atoms with Crippen molar-refractivity contribution in [3.05, 3.63) is 0 Å². The molecule has 1 saturated heterocycles. The minimum atomic E-state index is -2.96. The van der Waals surface area contributed by atoms with Gasteiger partial charge in [0.2, 0.25) is 5.91 Å². The van der Waals surface area contributed by atoms with E-state index < -0.39 is 9.84 Å². The highest BCUT2D eigenvalue weighted by Crippen LogP contribution is 2.33. The van der Waals surface area contributed by atoms with Gasteiger partial charge in [-0.2, -0.15) is 0 Å². The molecular weight excluding hydrogens is 252 g/mol. The van der Waals surface area contributed by atoms with E-state index in [0.29, 0.717) is 6.54 Å². The Balaban J connectivity index is 1.72. The van der Waals surface area contributed by atoms with Crippen LogP contribution < -0.4 is 10.6 Å². The van der Waals surface area contributed by atoms with Crippen LogP contribution in [0.3, 0.4) is 0 Å². The summed E-state index contributed by atoms with van der Waals surface area (Å²) < 4.78 is 22.9. The van der Waals surface area contributed by atoms with E-state index in [4.69, 9.17) is 0 Å². The zero-order chi connectivity index (χ0) is 13.2. The van der Waals surface area contributed by atoms with E-state index in [0.717, 1.165) is 12.3 Å². The Labute approximate surface area is 109 Å². The van der Waals surface area contributed by atoms with Crippen molar-refractivity contribution in [3.63, 3.8) is 0 Å². The Morgan fingerprint density at radius 2 is 2.17 bits per heavy atom. The number of amides is 1. The summed E-state index contributed by atoms with van der Waals surface area (Å²) in [6.07, 6.45) is 3.86. The van der Waals surface area contributed by atoms with Gasteiger partial charge in [-0.3, -0.25) is 4.79 Å². The van der Waals surface area contributed by atoms with E-state index in [1.807, 2.05) is 6.92 Å². The fourth-order valence-corrected chi connectivity index (χ4v) is 3.91. The first-order valence-electron chi connectivity index (χ1n) is 6.68. The predicted molar refractivity (Wildman–Crippen MR) is 70.0 cm³/mol. The number of hydrogen-bond acceptors (Lipinski definition) is 4. The van der Waals surface area contributed by atoms with Crippen LogP contribution in [0.15, 0.2) is 0 Å². The number of carbonyl (C=O) groups excluding carboxylic acids is 1. The Hall–Kier alpha value is -0.620. The highest BCUT2D eigenvalue weighted by molar-refractivity contribution is 7.91. The Bertz CT molecular complexity index is 404. The summed E-state index contributed by atoms with van der Waals surface area (Å²) in [6.45, 7) is 2.47. The van der Waals surface area contributed by atoms with Crippen LogP contribution in [0.2, 0.25) is 0 Å². The molecule has 0 aromatic heterocycles. The number of sulfone groups is 1. The Kier molecular flexibility index (Phi) is 4.27. The van der Waals surface area contributed by atoms with Gasteiger partial charge in [0.1, 0.15) is 0 Å². The molecule has 1 aliphatic heterocycles. The SMILES string of the molecule is CC(CC1CC1)NC(=O)CC1CS(=O)(=O)CCN1. The quantitative estimate of drug-likeness (QED) is 0.744. The van der Waals surface area contributed by atoms with Gasteiger partial charge in [-0.15, -0.1) is 0 Å². The van der Waals surface area contributed by atoms with Gasteiger partial charge in [0.25, 0.3) is 0 Å². The van der Waals surface area contributed by atoms with Crippen molar-refractivity contribution in [3.8, 4) is 0 Å². The number of carbonyl (C=O) groups is 1. The van der Waals surface area contributed by atoms with Gasteiger partial charge in [0.15, 0.2) is 9.84 Å². The lowest BCUT2D eigenvalue weighted by atomic mass is 10.1. The summed E-state index contributed by atoms with van der Waals surface area (Å²) in [5, 5.41) is 6.04. The van der Waals surface area contributed by atoms with Gasteiger partial charge in [0, 0.05) is 25.0 Å². The number of nitrogens with one attached hydrogen (secondary N) is 2. The average molecular weight is 274 g/mol. The van der Waals surface area contributed by atoms with Gasteiger partial charge in [-0.05, 0) is 19.3 Å². The van der Waals surface area contributed by atoms with E-state index >= 15 is 0 Å². The highest BCUT2D eigenvalue weighted by atomic mass is 32.2. The van der Waals surface area contributed by atoms with Gasteiger partial charge in [-0.25, -0.2) is 8.42 Å². The van der Waals surface area contributed by atoms with E-state index in [1.165, 1.54) is 12.8 Å². The molecule has 0 bridgehead atoms. The first kappa shape index (κ1) is 13.8. The van der Waals surface area contributed by atoms with Crippen LogP contribution in [0.25, 0.3) is 0 Å². The molecule has 2 N–H and O–H groups in total. The molecule has 0 spiro atoms. The molecule has 5 nitrogen and oxygen atoms in total. The third-order valence-corrected chi connectivity index (χ3v) is 5.26. The lowest BCUT2D eigenvalue weighted by Gasteiger charge is -2.24. The van der Waals surface area contributed by atoms with Crippen molar-refractivity contribution in [2.45, 2.75) is 44.7 Å². The lowest BCUT2D eigenvalue weighted by molar-refractivity contribution is -0.122. The molecule has 1 saturated carbocycles. The van der Waals surface area contributed by atoms with Gasteiger partial charge < -0.3 is 10.6 Å². The molecule has 0 aromatic carbocycles. The average Bonchev–Trinajstić information content (AvgIpc) is 2.98. The molecule has 2 rings (SSSR count). The molecule has 1 amide bonds. The van der Waals surface area contributed by atoms with Crippen LogP contribution in [0.4, 0.5) is 0 Å². The minimum Gasteiger partial charge on any atom is -0.354 e. The highest BCUT2D eigenvalue weighted by Gasteiger charge is 2.27. The maximum Gasteiger partial charge on any atom is 0.221 e. The molecule has 0 radical (unpaired) electrons. The largest absolute Gasteiger partial charge is 0.354 e. The zero-order valence-electron chi connectivity index (χ0n) is 10.8. The predicted octanol–water partition coefficient (Wildman–Crippen LogP) is 0.0679. The summed E-state index contributed by atoms with van der Waals surface area (Å²) in [4.78, 5) is 11.8. The van der Waals surface area contributed by atoms with Crippen LogP contribution in [-0.2, 0) is 14.6 Å². The number of hydrogen-bond donors (Lipinski definition) is 2. The molecule has 2 atom stereocenters. The third-order valence-electron chi connectivity index (χ3n) is 3.52. The van der Waals surface area contributed by atoms with Crippen molar-refractivity contribution in [2.75, 3.05) is 18.1 Å². The molecule has 2 fully saturated rings. The summed E-state index contributed by atoms with van der Waals surface area (Å²) in [5.74, 6) is 1.01. The first-order valence-corrected chi connectivity index (χ1v) is 8.50. The first-order chi connectivity index (χ1) is 8.44. The second-order valence-electron chi connectivity index (χ2n) is 5.62. The van der Waals surface area contributed by atoms with Crippen LogP contribution in [-0.4, -0.2) is 44.5 Å². The molecule has 104 valence electrons. The monoisotopic (exact) mass is 274 g/mol. The van der Waals surface area contributed by atoms with Crippen LogP contribution in [0, 0.1) is 5.92 Å². The van der Waals surface area contributed by atoms with E-state index in [-0.39, 0.29) is 35.9 Å². The lowest BCUT2D eigenvalue weighted by Crippen LogP contribution is -2.48. The van der Waals surface area contributed by atoms with Crippen molar-refractivity contribution >= 4 is 15.7 Å². The van der Waals surface area contributed by atoms with E-state index in [1.54, 1.807) is 0 Å². The van der Waals surface area contributed by atoms with Crippen LogP contribution in [0.5, 0.6) is 0 Å². The fourth-order valence-electron chi connectivity index (χ4n) is 2.47. The second kappa shape index (κ2) is 5.57. The molecule has 2 aliphatic rings. The molecule has 6 heteroatoms. The van der Waals surface area contributed by atoms with Crippen molar-refractivity contribution < 1.29 is 13.2 Å². The van der Waals surface area contributed by atoms with Crippen LogP contribution in [0.1, 0.15) is 32.6 Å². The summed E-state index contributed by atoms with van der Waals surface area (Å²) in [5.41, 5.74) is 0. The summed E-state index contributed by atoms with van der Waals surface area (Å²) in [6, 6.07) is -0.0259. The molecule has 0 aromatic rings. The summed E-state index contributed by atoms with van der Waals surface area (Å²) in [7, 11) is -2.96. The standard InChI is InChI=1S/C12H22N2O3S/c1-9(6-10-2-3-10)14-12(15)7-11-8-18(16,17)5-4-13-11/h9-11,13H,2-8H2,1H3,(H,14,15). The molecule has 2 unspecified atom stereocenters. The Morgan fingerprint density at radius 3 is 2.78 bits per heavy atom. The maximum absolute atomic E-state index is 11.8. The van der Waals surface area contributed by atoms with Crippen LogP contribution >= 0.6 is 0 Å². The van der Waals surface area contributed by atoms with Crippen molar-refractivity contribution in [1.82, 2.24) is 10.6 Å². The third kappa shape index (κ3) is 4.57. The second-order valence-corrected chi connectivity index (χ2v) is 7.85. The van der Waals surface area contributed by atoms with E-state index in [9.17, 15) is 13.2 Å². The molecule has 1 aliphatic carbocycles. The van der Waals surface area contributed by atoms with Gasteiger partial charge in [-0.1, -0.05) is 12.8 Å². The summed E-state index contributed by atoms with van der Waals surface area (Å²) >= 11 is 0. The fraction of sp³-hybridized carbons (Fsp3) is 0.917. The number of rotatable bonds is 5. The van der Waals surface area contributed by atoms with Crippen molar-refractivity contribution in [2.24, 2.45) is 5.92 Å². The van der Waals surface area contributed by atoms with Gasteiger partial charge >= 0.3 is 0 Å². The minimum absolute atomic E-state index is 0.0437. The smallest absolute Gasteiger partial charge is 0.221 e. The van der Waals surface area contributed by atoms with Gasteiger partial charge in [0.05, 0.1) is 11.5 Å². The maximum atomic E-state index is 11.8. The molecule has 1 heterocycles. The topological polar surface area (TPSA) is 75.3 Å². The van der Waals surface area contributed by atoms with Crippen molar-refractivity contribution in [1.29, 1.82) is 0 Å². The molecule has 18 heavy (non-hydrogen) atoms. The normalized spacial score (nSPS) is 28.6.